The van der Waals surface area contributed by atoms with Crippen LogP contribution in [0.4, 0.5) is 10.9 Å². The van der Waals surface area contributed by atoms with E-state index in [1.165, 1.54) is 4.88 Å². The van der Waals surface area contributed by atoms with Crippen molar-refractivity contribution in [3.8, 4) is 6.07 Å². The first-order chi connectivity index (χ1) is 10.3. The van der Waals surface area contributed by atoms with Crippen LogP contribution in [0.2, 0.25) is 0 Å². The highest BCUT2D eigenvalue weighted by Crippen LogP contribution is 2.24. The smallest absolute Gasteiger partial charge is 0.185 e. The lowest BCUT2D eigenvalue weighted by Crippen LogP contribution is -2.46. The minimum atomic E-state index is 0.604. The Morgan fingerprint density at radius 1 is 1.14 bits per heavy atom. The third kappa shape index (κ3) is 2.98. The number of nitriles is 1. The number of aromatic nitrogens is 2. The Hall–Kier alpha value is -2.13. The molecule has 2 aromatic rings. The number of aryl methyl sites for hydroxylation is 1. The summed E-state index contributed by atoms with van der Waals surface area (Å²) >= 11 is 1.79. The number of hydrogen-bond donors (Lipinski definition) is 0. The summed E-state index contributed by atoms with van der Waals surface area (Å²) in [6.07, 6.45) is 4.66. The molecule has 0 saturated carbocycles. The van der Waals surface area contributed by atoms with Gasteiger partial charge in [0.1, 0.15) is 11.9 Å². The van der Waals surface area contributed by atoms with E-state index in [9.17, 15) is 0 Å². The Morgan fingerprint density at radius 3 is 2.48 bits per heavy atom. The molecule has 3 heterocycles. The van der Waals surface area contributed by atoms with Crippen molar-refractivity contribution < 1.29 is 0 Å². The Kier molecular flexibility index (Phi) is 4.02. The summed E-state index contributed by atoms with van der Waals surface area (Å²) in [4.78, 5) is 14.8. The van der Waals surface area contributed by atoms with Gasteiger partial charge in [-0.1, -0.05) is 6.92 Å². The van der Waals surface area contributed by atoms with Crippen LogP contribution in [0.3, 0.4) is 0 Å². The fourth-order valence-corrected chi connectivity index (χ4v) is 3.27. The summed E-state index contributed by atoms with van der Waals surface area (Å²) in [5.74, 6) is 0.946. The fourth-order valence-electron chi connectivity index (χ4n) is 2.37. The maximum Gasteiger partial charge on any atom is 0.185 e. The van der Waals surface area contributed by atoms with E-state index in [0.29, 0.717) is 5.56 Å². The minimum Gasteiger partial charge on any atom is -0.353 e. The van der Waals surface area contributed by atoms with E-state index < -0.39 is 0 Å². The topological polar surface area (TPSA) is 56.1 Å². The van der Waals surface area contributed by atoms with Crippen LogP contribution in [0, 0.1) is 11.3 Å². The molecule has 0 bridgehead atoms. The average Bonchev–Trinajstić information content (AvgIpc) is 3.04. The lowest BCUT2D eigenvalue weighted by Gasteiger charge is -2.35. The summed E-state index contributed by atoms with van der Waals surface area (Å²) in [5.41, 5.74) is 0.604. The van der Waals surface area contributed by atoms with Crippen molar-refractivity contribution >= 4 is 22.3 Å². The molecule has 0 atom stereocenters. The zero-order valence-electron chi connectivity index (χ0n) is 12.0. The first-order valence-corrected chi connectivity index (χ1v) is 7.92. The van der Waals surface area contributed by atoms with Gasteiger partial charge in [0, 0.05) is 43.4 Å². The zero-order valence-corrected chi connectivity index (χ0v) is 12.8. The largest absolute Gasteiger partial charge is 0.353 e. The first kappa shape index (κ1) is 13.8. The summed E-state index contributed by atoms with van der Waals surface area (Å²) in [5, 5.41) is 9.93. The summed E-state index contributed by atoms with van der Waals surface area (Å²) < 4.78 is 0. The predicted octanol–water partition coefficient (Wildman–Crippen LogP) is 2.30. The van der Waals surface area contributed by atoms with Crippen molar-refractivity contribution in [1.29, 1.82) is 5.26 Å². The first-order valence-electron chi connectivity index (χ1n) is 7.11. The Bertz CT molecular complexity index is 635. The second-order valence-corrected chi connectivity index (χ2v) is 6.05. The maximum absolute atomic E-state index is 8.81. The standard InChI is InChI=1S/C15H17N5S/c1-2-13-11-18-15(21-13)20-7-5-19(6-8-20)14-4-3-12(9-16)10-17-14/h3-4,10-11H,2,5-8H2,1H3. The molecule has 0 amide bonds. The summed E-state index contributed by atoms with van der Waals surface area (Å²) in [6.45, 7) is 5.93. The Labute approximate surface area is 128 Å². The van der Waals surface area contributed by atoms with Crippen LogP contribution in [0.25, 0.3) is 0 Å². The molecule has 2 aromatic heterocycles. The van der Waals surface area contributed by atoms with Crippen LogP contribution in [0.5, 0.6) is 0 Å². The van der Waals surface area contributed by atoms with Gasteiger partial charge in [0.05, 0.1) is 5.56 Å². The van der Waals surface area contributed by atoms with Crippen molar-refractivity contribution in [2.75, 3.05) is 36.0 Å². The summed E-state index contributed by atoms with van der Waals surface area (Å²) in [6, 6.07) is 5.84. The van der Waals surface area contributed by atoms with Gasteiger partial charge in [0.15, 0.2) is 5.13 Å². The molecule has 1 aliphatic heterocycles. The molecule has 0 N–H and O–H groups in total. The number of thiazole rings is 1. The van der Waals surface area contributed by atoms with Gasteiger partial charge in [0.2, 0.25) is 0 Å². The van der Waals surface area contributed by atoms with Crippen LogP contribution in [-0.2, 0) is 6.42 Å². The lowest BCUT2D eigenvalue weighted by atomic mass is 10.3. The third-order valence-corrected chi connectivity index (χ3v) is 4.84. The molecule has 5 nitrogen and oxygen atoms in total. The number of piperazine rings is 1. The van der Waals surface area contributed by atoms with E-state index in [2.05, 4.69) is 32.8 Å². The highest BCUT2D eigenvalue weighted by Gasteiger charge is 2.20. The van der Waals surface area contributed by atoms with Gasteiger partial charge in [-0.2, -0.15) is 5.26 Å². The van der Waals surface area contributed by atoms with Gasteiger partial charge in [-0.05, 0) is 18.6 Å². The number of nitrogens with zero attached hydrogens (tertiary/aromatic N) is 5. The highest BCUT2D eigenvalue weighted by atomic mass is 32.1. The number of rotatable bonds is 3. The van der Waals surface area contributed by atoms with E-state index in [-0.39, 0.29) is 0 Å². The SMILES string of the molecule is CCc1cnc(N2CCN(c3ccc(C#N)cn3)CC2)s1. The van der Waals surface area contributed by atoms with E-state index in [1.54, 1.807) is 17.5 Å². The van der Waals surface area contributed by atoms with Crippen molar-refractivity contribution in [3.05, 3.63) is 35.0 Å². The van der Waals surface area contributed by atoms with E-state index in [4.69, 9.17) is 5.26 Å². The molecule has 1 fully saturated rings. The molecule has 0 radical (unpaired) electrons. The second-order valence-electron chi connectivity index (χ2n) is 4.95. The molecular formula is C15H17N5S. The number of anilines is 2. The quantitative estimate of drug-likeness (QED) is 0.870. The molecule has 1 saturated heterocycles. The van der Waals surface area contributed by atoms with Gasteiger partial charge < -0.3 is 9.80 Å². The molecule has 0 spiro atoms. The van der Waals surface area contributed by atoms with Gasteiger partial charge in [-0.25, -0.2) is 9.97 Å². The average molecular weight is 299 g/mol. The molecule has 1 aliphatic rings. The monoisotopic (exact) mass is 299 g/mol. The summed E-state index contributed by atoms with van der Waals surface area (Å²) in [7, 11) is 0. The number of hydrogen-bond acceptors (Lipinski definition) is 6. The van der Waals surface area contributed by atoms with Crippen LogP contribution < -0.4 is 9.80 Å². The minimum absolute atomic E-state index is 0.604. The molecule has 21 heavy (non-hydrogen) atoms. The number of pyridine rings is 1. The van der Waals surface area contributed by atoms with Crippen LogP contribution in [0.15, 0.2) is 24.5 Å². The Balaban J connectivity index is 1.63. The van der Waals surface area contributed by atoms with Gasteiger partial charge in [0.25, 0.3) is 0 Å². The van der Waals surface area contributed by atoms with Crippen LogP contribution >= 0.6 is 11.3 Å². The van der Waals surface area contributed by atoms with Crippen LogP contribution in [-0.4, -0.2) is 36.1 Å². The second kappa shape index (κ2) is 6.10. The third-order valence-electron chi connectivity index (χ3n) is 3.64. The molecule has 6 heteroatoms. The van der Waals surface area contributed by atoms with Crippen molar-refractivity contribution in [3.63, 3.8) is 0 Å². The van der Waals surface area contributed by atoms with E-state index in [1.807, 2.05) is 18.3 Å². The molecule has 108 valence electrons. The normalized spacial score (nSPS) is 15.0. The van der Waals surface area contributed by atoms with E-state index >= 15 is 0 Å². The molecule has 0 unspecified atom stereocenters. The molecular weight excluding hydrogens is 282 g/mol. The Morgan fingerprint density at radius 2 is 1.90 bits per heavy atom. The fraction of sp³-hybridized carbons (Fsp3) is 0.400. The molecule has 0 aliphatic carbocycles. The maximum atomic E-state index is 8.81. The van der Waals surface area contributed by atoms with Crippen molar-refractivity contribution in [2.24, 2.45) is 0 Å². The van der Waals surface area contributed by atoms with Gasteiger partial charge in [-0.15, -0.1) is 11.3 Å². The van der Waals surface area contributed by atoms with Crippen molar-refractivity contribution in [2.45, 2.75) is 13.3 Å². The molecule has 0 aromatic carbocycles. The van der Waals surface area contributed by atoms with Gasteiger partial charge in [-0.3, -0.25) is 0 Å². The van der Waals surface area contributed by atoms with Crippen LogP contribution in [0.1, 0.15) is 17.4 Å². The van der Waals surface area contributed by atoms with Gasteiger partial charge >= 0.3 is 0 Å². The van der Waals surface area contributed by atoms with Crippen molar-refractivity contribution in [1.82, 2.24) is 9.97 Å². The lowest BCUT2D eigenvalue weighted by molar-refractivity contribution is 0.646. The zero-order chi connectivity index (χ0) is 14.7. The predicted molar refractivity (Wildman–Crippen MR) is 84.9 cm³/mol. The van der Waals surface area contributed by atoms with E-state index in [0.717, 1.165) is 43.5 Å². The molecule has 3 rings (SSSR count). The highest BCUT2D eigenvalue weighted by molar-refractivity contribution is 7.15.